The van der Waals surface area contributed by atoms with E-state index in [-0.39, 0.29) is 5.84 Å². The largest absolute Gasteiger partial charge is 0.409 e. The Morgan fingerprint density at radius 1 is 1.45 bits per heavy atom. The normalized spacial score (nSPS) is 17.4. The summed E-state index contributed by atoms with van der Waals surface area (Å²) in [5, 5.41) is 11.7. The Balaban J connectivity index is 1.86. The van der Waals surface area contributed by atoms with Crippen molar-refractivity contribution in [3.05, 3.63) is 34.9 Å². The Labute approximate surface area is 119 Å². The fraction of sp³-hybridized carbons (Fsp3) is 0.533. The second-order valence-corrected chi connectivity index (χ2v) is 5.20. The van der Waals surface area contributed by atoms with Crippen molar-refractivity contribution in [2.45, 2.75) is 26.4 Å². The topological polar surface area (TPSA) is 77.1 Å². The van der Waals surface area contributed by atoms with E-state index in [1.165, 1.54) is 0 Å². The summed E-state index contributed by atoms with van der Waals surface area (Å²) in [5.41, 5.74) is 8.50. The first kappa shape index (κ1) is 14.8. The molecule has 0 spiro atoms. The van der Waals surface area contributed by atoms with Gasteiger partial charge < -0.3 is 20.4 Å². The molecule has 1 aliphatic heterocycles. The molecule has 3 N–H and O–H groups in total. The lowest BCUT2D eigenvalue weighted by molar-refractivity contribution is 0.0156. The van der Waals surface area contributed by atoms with Gasteiger partial charge in [0.1, 0.15) is 0 Å². The van der Waals surface area contributed by atoms with Gasteiger partial charge in [0.2, 0.25) is 0 Å². The number of amidine groups is 1. The van der Waals surface area contributed by atoms with E-state index in [4.69, 9.17) is 20.4 Å². The fourth-order valence-corrected chi connectivity index (χ4v) is 2.32. The lowest BCUT2D eigenvalue weighted by atomic mass is 10.0. The van der Waals surface area contributed by atoms with E-state index in [1.807, 2.05) is 25.1 Å². The number of benzene rings is 1. The highest BCUT2D eigenvalue weighted by Gasteiger charge is 2.14. The average Bonchev–Trinajstić information content (AvgIpc) is 2.49. The summed E-state index contributed by atoms with van der Waals surface area (Å²) in [6.07, 6.45) is 2.17. The van der Waals surface area contributed by atoms with Crippen molar-refractivity contribution < 1.29 is 14.7 Å². The number of nitrogens with zero attached hydrogens (tertiary/aromatic N) is 1. The molecule has 0 saturated carbocycles. The van der Waals surface area contributed by atoms with E-state index in [0.717, 1.165) is 49.4 Å². The van der Waals surface area contributed by atoms with E-state index < -0.39 is 0 Å². The molecule has 0 atom stereocenters. The Morgan fingerprint density at radius 2 is 2.20 bits per heavy atom. The van der Waals surface area contributed by atoms with Gasteiger partial charge in [0.05, 0.1) is 13.2 Å². The first-order chi connectivity index (χ1) is 9.70. The first-order valence-electron chi connectivity index (χ1n) is 6.93. The number of oxime groups is 1. The Morgan fingerprint density at radius 3 is 2.85 bits per heavy atom. The van der Waals surface area contributed by atoms with Crippen molar-refractivity contribution in [3.8, 4) is 0 Å². The highest BCUT2D eigenvalue weighted by molar-refractivity contribution is 5.97. The summed E-state index contributed by atoms with van der Waals surface area (Å²) in [5.74, 6) is 0.739. The summed E-state index contributed by atoms with van der Waals surface area (Å²) in [4.78, 5) is 0. The average molecular weight is 278 g/mol. The smallest absolute Gasteiger partial charge is 0.170 e. The third kappa shape index (κ3) is 3.95. The number of aryl methyl sites for hydroxylation is 1. The van der Waals surface area contributed by atoms with Crippen LogP contribution >= 0.6 is 0 Å². The molecule has 0 aromatic heterocycles. The zero-order chi connectivity index (χ0) is 14.4. The van der Waals surface area contributed by atoms with Crippen molar-refractivity contribution in [1.82, 2.24) is 0 Å². The standard InChI is InChI=1S/C15H22N2O3/c1-11-8-13(15(16)17-18)2-3-14(11)10-20-9-12-4-6-19-7-5-12/h2-3,8,12,18H,4-7,9-10H2,1H3,(H2,16,17). The predicted molar refractivity (Wildman–Crippen MR) is 76.9 cm³/mol. The van der Waals surface area contributed by atoms with Crippen LogP contribution in [0.2, 0.25) is 0 Å². The van der Waals surface area contributed by atoms with Gasteiger partial charge in [0, 0.05) is 18.8 Å². The molecule has 1 fully saturated rings. The van der Waals surface area contributed by atoms with Gasteiger partial charge in [0.25, 0.3) is 0 Å². The third-order valence-corrected chi connectivity index (χ3v) is 3.70. The minimum atomic E-state index is 0.128. The molecule has 1 heterocycles. The van der Waals surface area contributed by atoms with E-state index in [2.05, 4.69) is 5.16 Å². The van der Waals surface area contributed by atoms with Crippen LogP contribution in [-0.4, -0.2) is 30.9 Å². The number of hydrogen-bond donors (Lipinski definition) is 2. The van der Waals surface area contributed by atoms with Crippen LogP contribution < -0.4 is 5.73 Å². The highest BCUT2D eigenvalue weighted by Crippen LogP contribution is 2.17. The first-order valence-corrected chi connectivity index (χ1v) is 6.93. The van der Waals surface area contributed by atoms with Crippen LogP contribution in [0.5, 0.6) is 0 Å². The Hall–Kier alpha value is -1.59. The SMILES string of the molecule is Cc1cc(/C(N)=N/O)ccc1COCC1CCOCC1. The molecule has 20 heavy (non-hydrogen) atoms. The molecular formula is C15H22N2O3. The van der Waals surface area contributed by atoms with Crippen molar-refractivity contribution >= 4 is 5.84 Å². The van der Waals surface area contributed by atoms with Gasteiger partial charge in [-0.3, -0.25) is 0 Å². The summed E-state index contributed by atoms with van der Waals surface area (Å²) in [7, 11) is 0. The summed E-state index contributed by atoms with van der Waals surface area (Å²) in [6.45, 7) is 5.08. The second kappa shape index (κ2) is 7.26. The van der Waals surface area contributed by atoms with Crippen LogP contribution in [0.3, 0.4) is 0 Å². The maximum atomic E-state index is 8.66. The maximum absolute atomic E-state index is 8.66. The minimum Gasteiger partial charge on any atom is -0.409 e. The van der Waals surface area contributed by atoms with Gasteiger partial charge in [-0.05, 0) is 42.9 Å². The quantitative estimate of drug-likeness (QED) is 0.374. The van der Waals surface area contributed by atoms with Gasteiger partial charge >= 0.3 is 0 Å². The lowest BCUT2D eigenvalue weighted by Gasteiger charge is -2.22. The van der Waals surface area contributed by atoms with E-state index in [1.54, 1.807) is 0 Å². The minimum absolute atomic E-state index is 0.128. The molecule has 0 aliphatic carbocycles. The fourth-order valence-electron chi connectivity index (χ4n) is 2.32. The van der Waals surface area contributed by atoms with Gasteiger partial charge in [-0.15, -0.1) is 0 Å². The highest BCUT2D eigenvalue weighted by atomic mass is 16.5. The van der Waals surface area contributed by atoms with Crippen molar-refractivity contribution in [2.75, 3.05) is 19.8 Å². The molecule has 0 amide bonds. The molecule has 2 rings (SSSR count). The zero-order valence-corrected chi connectivity index (χ0v) is 11.8. The third-order valence-electron chi connectivity index (χ3n) is 3.70. The summed E-state index contributed by atoms with van der Waals surface area (Å²) >= 11 is 0. The van der Waals surface area contributed by atoms with Crippen LogP contribution in [0.1, 0.15) is 29.5 Å². The molecule has 0 unspecified atom stereocenters. The van der Waals surface area contributed by atoms with Gasteiger partial charge in [0.15, 0.2) is 5.84 Å². The molecule has 0 bridgehead atoms. The monoisotopic (exact) mass is 278 g/mol. The summed E-state index contributed by atoms with van der Waals surface area (Å²) in [6, 6.07) is 5.71. The van der Waals surface area contributed by atoms with Crippen LogP contribution in [0, 0.1) is 12.8 Å². The number of rotatable bonds is 5. The molecule has 1 aliphatic rings. The Kier molecular flexibility index (Phi) is 5.38. The molecule has 1 saturated heterocycles. The lowest BCUT2D eigenvalue weighted by Crippen LogP contribution is -2.20. The number of hydrogen-bond acceptors (Lipinski definition) is 4. The van der Waals surface area contributed by atoms with Crippen LogP contribution in [0.4, 0.5) is 0 Å². The molecule has 110 valence electrons. The zero-order valence-electron chi connectivity index (χ0n) is 11.8. The van der Waals surface area contributed by atoms with E-state index >= 15 is 0 Å². The number of nitrogens with two attached hydrogens (primary N) is 1. The molecule has 5 heteroatoms. The second-order valence-electron chi connectivity index (χ2n) is 5.20. The predicted octanol–water partition coefficient (Wildman–Crippen LogP) is 2.03. The van der Waals surface area contributed by atoms with Crippen LogP contribution in [0.25, 0.3) is 0 Å². The van der Waals surface area contributed by atoms with Gasteiger partial charge in [-0.1, -0.05) is 17.3 Å². The Bertz CT molecular complexity index is 468. The van der Waals surface area contributed by atoms with Crippen molar-refractivity contribution in [3.63, 3.8) is 0 Å². The van der Waals surface area contributed by atoms with Gasteiger partial charge in [-0.2, -0.15) is 0 Å². The maximum Gasteiger partial charge on any atom is 0.170 e. The van der Waals surface area contributed by atoms with E-state index in [9.17, 15) is 0 Å². The van der Waals surface area contributed by atoms with Crippen molar-refractivity contribution in [2.24, 2.45) is 16.8 Å². The summed E-state index contributed by atoms with van der Waals surface area (Å²) < 4.78 is 11.1. The van der Waals surface area contributed by atoms with E-state index in [0.29, 0.717) is 12.5 Å². The molecule has 5 nitrogen and oxygen atoms in total. The van der Waals surface area contributed by atoms with Gasteiger partial charge in [-0.25, -0.2) is 0 Å². The van der Waals surface area contributed by atoms with Crippen molar-refractivity contribution in [1.29, 1.82) is 0 Å². The molecular weight excluding hydrogens is 256 g/mol. The molecule has 0 radical (unpaired) electrons. The van der Waals surface area contributed by atoms with Crippen LogP contribution in [0.15, 0.2) is 23.4 Å². The number of ether oxygens (including phenoxy) is 2. The molecule has 1 aromatic carbocycles. The molecule has 1 aromatic rings. The van der Waals surface area contributed by atoms with Crippen LogP contribution in [-0.2, 0) is 16.1 Å².